The lowest BCUT2D eigenvalue weighted by Crippen LogP contribution is -2.03. The molecular formula is C52H28N4OS. The second kappa shape index (κ2) is 11.1. The van der Waals surface area contributed by atoms with Crippen LogP contribution in [0.3, 0.4) is 0 Å². The number of nitrogens with zero attached hydrogens (tertiary/aromatic N) is 4. The molecule has 0 spiro atoms. The highest BCUT2D eigenvalue weighted by atomic mass is 32.1. The minimum Gasteiger partial charge on any atom is -0.456 e. The van der Waals surface area contributed by atoms with Gasteiger partial charge < -0.3 is 8.98 Å². The van der Waals surface area contributed by atoms with E-state index in [4.69, 9.17) is 14.4 Å². The molecule has 58 heavy (non-hydrogen) atoms. The van der Waals surface area contributed by atoms with Crippen LogP contribution in [0, 0.1) is 0 Å². The largest absolute Gasteiger partial charge is 0.456 e. The molecule has 13 aromatic rings. The molecule has 5 aromatic heterocycles. The van der Waals surface area contributed by atoms with Gasteiger partial charge in [-0.3, -0.25) is 4.57 Å². The normalized spacial score (nSPS) is 12.5. The zero-order valence-corrected chi connectivity index (χ0v) is 31.6. The second-order valence-corrected chi connectivity index (χ2v) is 16.3. The number of rotatable bonds is 2. The molecule has 6 heterocycles. The molecule has 0 amide bonds. The quantitative estimate of drug-likeness (QED) is 0.176. The Morgan fingerprint density at radius 1 is 0.431 bits per heavy atom. The van der Waals surface area contributed by atoms with Crippen molar-refractivity contribution in [3.8, 4) is 45.0 Å². The van der Waals surface area contributed by atoms with Crippen LogP contribution in [-0.2, 0) is 0 Å². The topological polar surface area (TPSA) is 48.8 Å². The zero-order chi connectivity index (χ0) is 37.6. The van der Waals surface area contributed by atoms with Crippen LogP contribution in [0.25, 0.3) is 131 Å². The fourth-order valence-corrected chi connectivity index (χ4v) is 10.9. The van der Waals surface area contributed by atoms with Crippen LogP contribution in [0.15, 0.2) is 174 Å². The summed E-state index contributed by atoms with van der Waals surface area (Å²) < 4.78 is 12.5. The third-order valence-electron chi connectivity index (χ3n) is 12.3. The van der Waals surface area contributed by atoms with E-state index in [1.165, 1.54) is 65.2 Å². The van der Waals surface area contributed by atoms with E-state index in [-0.39, 0.29) is 0 Å². The molecule has 0 N–H and O–H groups in total. The van der Waals surface area contributed by atoms with Crippen molar-refractivity contribution in [2.24, 2.45) is 0 Å². The summed E-state index contributed by atoms with van der Waals surface area (Å²) in [6, 6.07) is 61.1. The molecule has 0 saturated carbocycles. The molecule has 8 aromatic carbocycles. The van der Waals surface area contributed by atoms with Gasteiger partial charge in [0.25, 0.3) is 0 Å². The lowest BCUT2D eigenvalue weighted by molar-refractivity contribution is 0.669. The van der Waals surface area contributed by atoms with Gasteiger partial charge in [-0.2, -0.15) is 0 Å². The zero-order valence-electron chi connectivity index (χ0n) is 30.8. The predicted octanol–water partition coefficient (Wildman–Crippen LogP) is 14.3. The van der Waals surface area contributed by atoms with Gasteiger partial charge in [-0.25, -0.2) is 9.97 Å². The molecular weight excluding hydrogens is 729 g/mol. The summed E-state index contributed by atoms with van der Waals surface area (Å²) in [7, 11) is 0. The molecule has 1 aliphatic heterocycles. The average molecular weight is 757 g/mol. The van der Waals surface area contributed by atoms with Gasteiger partial charge in [-0.1, -0.05) is 127 Å². The summed E-state index contributed by atoms with van der Waals surface area (Å²) in [6.07, 6.45) is 0. The van der Waals surface area contributed by atoms with Gasteiger partial charge in [0.05, 0.1) is 27.8 Å². The number of furan rings is 1. The van der Waals surface area contributed by atoms with Crippen LogP contribution in [0.2, 0.25) is 0 Å². The second-order valence-electron chi connectivity index (χ2n) is 15.3. The fourth-order valence-electron chi connectivity index (χ4n) is 9.89. The van der Waals surface area contributed by atoms with Gasteiger partial charge in [0.1, 0.15) is 27.2 Å². The smallest absolute Gasteiger partial charge is 0.166 e. The highest BCUT2D eigenvalue weighted by Gasteiger charge is 2.27. The van der Waals surface area contributed by atoms with Crippen LogP contribution in [-0.4, -0.2) is 19.1 Å². The predicted molar refractivity (Wildman–Crippen MR) is 241 cm³/mol. The lowest BCUT2D eigenvalue weighted by atomic mass is 9.94. The standard InChI is InChI=1S/C52H28N4OS/c1-2-14-30-29(13-1)31-15-3-7-22-40(31)55-42-27-38-32-16-4-8-23-41(32)56(43(38)28-39(42)34-20-11-19-33(30)50(34)55)51-48(53-49-36-18-6-10-26-46(36)58-52(49)54-51)37-21-12-25-45-47(37)35-17-5-9-24-44(35)57-45/h1-28H. The van der Waals surface area contributed by atoms with Gasteiger partial charge in [-0.15, -0.1) is 11.3 Å². The minimum absolute atomic E-state index is 0.798. The highest BCUT2D eigenvalue weighted by molar-refractivity contribution is 7.25. The maximum absolute atomic E-state index is 6.45. The highest BCUT2D eigenvalue weighted by Crippen LogP contribution is 2.49. The summed E-state index contributed by atoms with van der Waals surface area (Å²) in [4.78, 5) is 12.2. The van der Waals surface area contributed by atoms with E-state index >= 15 is 0 Å². The first-order chi connectivity index (χ1) is 28.8. The Labute approximate surface area is 334 Å². The monoisotopic (exact) mass is 756 g/mol. The van der Waals surface area contributed by atoms with Crippen LogP contribution >= 0.6 is 11.3 Å². The van der Waals surface area contributed by atoms with Crippen molar-refractivity contribution in [3.63, 3.8) is 0 Å². The Balaban J connectivity index is 1.16. The Morgan fingerprint density at radius 2 is 1.05 bits per heavy atom. The van der Waals surface area contributed by atoms with Crippen molar-refractivity contribution in [2.75, 3.05) is 0 Å². The molecule has 268 valence electrons. The Bertz CT molecular complexity index is 3940. The molecule has 0 aliphatic carbocycles. The minimum atomic E-state index is 0.798. The number of para-hydroxylation sites is 4. The molecule has 0 saturated heterocycles. The number of benzene rings is 8. The van der Waals surface area contributed by atoms with Crippen molar-refractivity contribution in [1.82, 2.24) is 19.1 Å². The third kappa shape index (κ3) is 3.89. The number of aromatic nitrogens is 4. The SMILES string of the molecule is c1ccc2c(c1)-c1ccccc1-n1c3cc4c5ccccc5n(-c5nc6sc7ccccc7c6nc5-c5cccc6oc7ccccc7c56)c4cc3c3cccc-2c31. The van der Waals surface area contributed by atoms with Gasteiger partial charge in [0.2, 0.25) is 0 Å². The third-order valence-corrected chi connectivity index (χ3v) is 13.4. The van der Waals surface area contributed by atoms with Gasteiger partial charge in [0.15, 0.2) is 5.82 Å². The first kappa shape index (κ1) is 30.7. The molecule has 6 heteroatoms. The molecule has 5 nitrogen and oxygen atoms in total. The summed E-state index contributed by atoms with van der Waals surface area (Å²) in [5.41, 5.74) is 15.1. The van der Waals surface area contributed by atoms with Crippen molar-refractivity contribution in [3.05, 3.63) is 170 Å². The van der Waals surface area contributed by atoms with E-state index in [9.17, 15) is 0 Å². The molecule has 1 aliphatic rings. The van der Waals surface area contributed by atoms with Crippen molar-refractivity contribution in [1.29, 1.82) is 0 Å². The van der Waals surface area contributed by atoms with Crippen LogP contribution in [0.4, 0.5) is 0 Å². The molecule has 0 bridgehead atoms. The van der Waals surface area contributed by atoms with Crippen molar-refractivity contribution < 1.29 is 4.42 Å². The molecule has 0 atom stereocenters. The maximum Gasteiger partial charge on any atom is 0.166 e. The fraction of sp³-hybridized carbons (Fsp3) is 0. The molecule has 0 fully saturated rings. The number of fused-ring (bicyclic) bond motifs is 17. The van der Waals surface area contributed by atoms with E-state index in [1.807, 2.05) is 12.1 Å². The van der Waals surface area contributed by atoms with Crippen LogP contribution < -0.4 is 0 Å². The van der Waals surface area contributed by atoms with Crippen molar-refractivity contribution >= 4 is 97.3 Å². The summed E-state index contributed by atoms with van der Waals surface area (Å²) in [5.74, 6) is 0.798. The van der Waals surface area contributed by atoms with Gasteiger partial charge in [-0.05, 0) is 53.6 Å². The van der Waals surface area contributed by atoms with Crippen molar-refractivity contribution in [2.45, 2.75) is 0 Å². The molecule has 0 radical (unpaired) electrons. The lowest BCUT2D eigenvalue weighted by Gasteiger charge is -2.14. The van der Waals surface area contributed by atoms with E-state index in [0.29, 0.717) is 0 Å². The van der Waals surface area contributed by atoms with E-state index in [2.05, 4.69) is 167 Å². The number of hydrogen-bond donors (Lipinski definition) is 0. The average Bonchev–Trinajstić information content (AvgIpc) is 4.00. The first-order valence-corrected chi connectivity index (χ1v) is 20.4. The first-order valence-electron chi connectivity index (χ1n) is 19.6. The number of thiophene rings is 1. The van der Waals surface area contributed by atoms with E-state index < -0.39 is 0 Å². The van der Waals surface area contributed by atoms with Gasteiger partial charge >= 0.3 is 0 Å². The van der Waals surface area contributed by atoms with Gasteiger partial charge in [0, 0.05) is 59.1 Å². The Hall–Kier alpha value is -7.54. The van der Waals surface area contributed by atoms with Crippen LogP contribution in [0.1, 0.15) is 0 Å². The molecule has 0 unspecified atom stereocenters. The number of hydrogen-bond acceptors (Lipinski definition) is 4. The summed E-state index contributed by atoms with van der Waals surface area (Å²) >= 11 is 1.70. The van der Waals surface area contributed by atoms with Crippen LogP contribution in [0.5, 0.6) is 0 Å². The summed E-state index contributed by atoms with van der Waals surface area (Å²) in [6.45, 7) is 0. The van der Waals surface area contributed by atoms with E-state index in [1.54, 1.807) is 11.3 Å². The Morgan fingerprint density at radius 3 is 1.95 bits per heavy atom. The maximum atomic E-state index is 6.45. The summed E-state index contributed by atoms with van der Waals surface area (Å²) in [5, 5.41) is 7.97. The Kier molecular flexibility index (Phi) is 5.85. The molecule has 14 rings (SSSR count). The van der Waals surface area contributed by atoms with E-state index in [0.717, 1.165) is 65.8 Å².